The van der Waals surface area contributed by atoms with Gasteiger partial charge in [0.15, 0.2) is 16.6 Å². The first-order valence-electron chi connectivity index (χ1n) is 21.0. The molecule has 56 heavy (non-hydrogen) atoms. The molecule has 0 unspecified atom stereocenters. The van der Waals surface area contributed by atoms with Crippen molar-refractivity contribution in [2.75, 3.05) is 6.61 Å². The predicted octanol–water partition coefficient (Wildman–Crippen LogP) is 10.9. The van der Waals surface area contributed by atoms with Gasteiger partial charge >= 0.3 is 12.1 Å². The fourth-order valence-corrected chi connectivity index (χ4v) is 9.63. The third kappa shape index (κ3) is 19.2. The zero-order valence-electron chi connectivity index (χ0n) is 38.6. The molecule has 0 rings (SSSR count). The fourth-order valence-electron chi connectivity index (χ4n) is 6.69. The molecule has 1 amide bonds. The summed E-state index contributed by atoms with van der Waals surface area (Å²) < 4.78 is 25.1. The van der Waals surface area contributed by atoms with Crippen LogP contribution in [0.4, 0.5) is 4.79 Å². The van der Waals surface area contributed by atoms with E-state index in [9.17, 15) is 19.8 Å². The molecule has 0 radical (unpaired) electrons. The first-order chi connectivity index (χ1) is 25.5. The van der Waals surface area contributed by atoms with Crippen molar-refractivity contribution in [3.05, 3.63) is 48.6 Å². The van der Waals surface area contributed by atoms with Crippen LogP contribution in [0.25, 0.3) is 0 Å². The molecular weight excluding hydrogens is 739 g/mol. The van der Waals surface area contributed by atoms with Gasteiger partial charge in [0.1, 0.15) is 6.10 Å². The Morgan fingerprint density at radius 1 is 0.804 bits per heavy atom. The van der Waals surface area contributed by atoms with Crippen molar-refractivity contribution < 1.29 is 38.1 Å². The van der Waals surface area contributed by atoms with Gasteiger partial charge in [-0.1, -0.05) is 125 Å². The first-order valence-corrected chi connectivity index (χ1v) is 26.8. The molecular formula is C45H85NO8Si2. The Morgan fingerprint density at radius 2 is 1.32 bits per heavy atom. The van der Waals surface area contributed by atoms with Gasteiger partial charge in [-0.15, -0.1) is 0 Å². The number of hydrogen-bond acceptors (Lipinski definition) is 8. The highest BCUT2D eigenvalue weighted by atomic mass is 28.4. The summed E-state index contributed by atoms with van der Waals surface area (Å²) in [5.41, 5.74) is 6.84. The smallest absolute Gasteiger partial charge is 0.404 e. The highest BCUT2D eigenvalue weighted by molar-refractivity contribution is 6.74. The second-order valence-electron chi connectivity index (χ2n) is 19.4. The molecule has 0 aliphatic carbocycles. The van der Waals surface area contributed by atoms with Crippen molar-refractivity contribution in [1.82, 2.24) is 0 Å². The maximum atomic E-state index is 12.2. The summed E-state index contributed by atoms with van der Waals surface area (Å²) in [6.45, 7) is 41.3. The van der Waals surface area contributed by atoms with E-state index in [1.54, 1.807) is 19.1 Å². The van der Waals surface area contributed by atoms with Crippen LogP contribution in [0, 0.1) is 29.6 Å². The van der Waals surface area contributed by atoms with Gasteiger partial charge in [-0.2, -0.15) is 0 Å². The third-order valence-electron chi connectivity index (χ3n) is 12.0. The summed E-state index contributed by atoms with van der Waals surface area (Å²) in [5, 5.41) is 21.4. The van der Waals surface area contributed by atoms with E-state index in [2.05, 4.69) is 115 Å². The quantitative estimate of drug-likeness (QED) is 0.0358. The zero-order valence-corrected chi connectivity index (χ0v) is 40.6. The van der Waals surface area contributed by atoms with E-state index < -0.39 is 41.0 Å². The minimum Gasteiger partial charge on any atom is -0.466 e. The lowest BCUT2D eigenvalue weighted by atomic mass is 9.81. The van der Waals surface area contributed by atoms with Crippen molar-refractivity contribution in [1.29, 1.82) is 0 Å². The molecule has 0 spiro atoms. The Kier molecular flexibility index (Phi) is 23.3. The number of ether oxygens (including phenoxy) is 2. The Labute approximate surface area is 345 Å². The summed E-state index contributed by atoms with van der Waals surface area (Å²) in [7, 11) is -4.44. The van der Waals surface area contributed by atoms with Crippen LogP contribution in [-0.4, -0.2) is 76.0 Å². The highest BCUT2D eigenvalue weighted by Gasteiger charge is 2.44. The van der Waals surface area contributed by atoms with Gasteiger partial charge in [0, 0.05) is 24.7 Å². The van der Waals surface area contributed by atoms with Crippen LogP contribution in [0.1, 0.15) is 122 Å². The van der Waals surface area contributed by atoms with Crippen LogP contribution in [0.2, 0.25) is 36.3 Å². The lowest BCUT2D eigenvalue weighted by Gasteiger charge is -2.45. The number of carbonyl (C=O) groups is 2. The average molecular weight is 824 g/mol. The van der Waals surface area contributed by atoms with Gasteiger partial charge < -0.3 is 34.3 Å². The van der Waals surface area contributed by atoms with Crippen LogP contribution < -0.4 is 5.73 Å². The summed E-state index contributed by atoms with van der Waals surface area (Å²) >= 11 is 0. The van der Waals surface area contributed by atoms with Crippen LogP contribution in [0.5, 0.6) is 0 Å². The van der Waals surface area contributed by atoms with Gasteiger partial charge in [0.05, 0.1) is 31.0 Å². The highest BCUT2D eigenvalue weighted by Crippen LogP contribution is 2.42. The normalized spacial score (nSPS) is 19.1. The number of aliphatic hydroxyl groups is 2. The first kappa shape index (κ1) is 54.0. The largest absolute Gasteiger partial charge is 0.466 e. The van der Waals surface area contributed by atoms with Crippen molar-refractivity contribution in [3.8, 4) is 0 Å². The Balaban J connectivity index is 6.53. The van der Waals surface area contributed by atoms with Crippen LogP contribution in [0.15, 0.2) is 48.6 Å². The minimum absolute atomic E-state index is 0.000813. The number of amides is 1. The van der Waals surface area contributed by atoms with Gasteiger partial charge in [0.2, 0.25) is 0 Å². The molecule has 0 aromatic rings. The molecule has 0 saturated carbocycles. The number of nitrogens with two attached hydrogens (primary N) is 1. The van der Waals surface area contributed by atoms with Crippen LogP contribution in [0.3, 0.4) is 0 Å². The molecule has 10 atom stereocenters. The second-order valence-corrected chi connectivity index (χ2v) is 28.9. The lowest BCUT2D eigenvalue weighted by Crippen LogP contribution is -2.50. The number of aliphatic hydroxyl groups excluding tert-OH is 2. The third-order valence-corrected chi connectivity index (χ3v) is 20.9. The minimum atomic E-state index is -2.25. The molecule has 11 heteroatoms. The number of primary amides is 1. The van der Waals surface area contributed by atoms with E-state index in [1.165, 1.54) is 5.57 Å². The molecule has 0 aromatic carbocycles. The summed E-state index contributed by atoms with van der Waals surface area (Å²) in [6.07, 6.45) is 10.6. The number of rotatable bonds is 25. The SMILES string of the molecule is C=C/C=C\[C@H](C)[C@H](OC(N)=O)[C@@H](C)[C@H](O[Si](C)(C)C(C)(C)C)[C@@H](C)C/C(C)=C\[C@H](C)[C@@H](O[Si](C)(C)C(C)(C)C)[C@@H](C)/C=C\[C@@H](O)C[C@H](O)CCCC(=O)OCC. The molecule has 0 heterocycles. The molecule has 0 bridgehead atoms. The van der Waals surface area contributed by atoms with E-state index in [4.69, 9.17) is 24.1 Å². The number of hydrogen-bond donors (Lipinski definition) is 3. The van der Waals surface area contributed by atoms with Crippen molar-refractivity contribution >= 4 is 28.7 Å². The standard InChI is InChI=1S/C45H85NO8Si2/c1-19-21-23-32(4)41(52-43(46)50)36(8)42(54-56(17,18)45(12,13)14)35(7)29-31(3)28-34(6)40(53-55(15,16)44(9,10)11)33(5)26-27-38(48)30-37(47)24-22-25-39(49)51-20-2/h19,21,23,26-28,32-38,40-42,47-48H,1,20,22,24-25,29-30H2,2-18H3,(H2,46,50)/b23-21-,27-26-,31-28-/t32-,33-,34-,35-,36+,37+,38+,40-,41-,42+/m0/s1. The molecule has 0 saturated heterocycles. The summed E-state index contributed by atoms with van der Waals surface area (Å²) in [4.78, 5) is 23.8. The van der Waals surface area contributed by atoms with E-state index in [1.807, 2.05) is 25.2 Å². The average Bonchev–Trinajstić information content (AvgIpc) is 3.04. The predicted molar refractivity (Wildman–Crippen MR) is 238 cm³/mol. The Bertz CT molecular complexity index is 1280. The number of esters is 1. The molecule has 326 valence electrons. The molecule has 9 nitrogen and oxygen atoms in total. The van der Waals surface area contributed by atoms with E-state index in [0.717, 1.165) is 6.42 Å². The monoisotopic (exact) mass is 824 g/mol. The molecule has 4 N–H and O–H groups in total. The maximum absolute atomic E-state index is 12.2. The van der Waals surface area contributed by atoms with Gasteiger partial charge in [-0.05, 0) is 87.1 Å². The van der Waals surface area contributed by atoms with Crippen LogP contribution >= 0.6 is 0 Å². The fraction of sp³-hybridized carbons (Fsp3) is 0.778. The second kappa shape index (κ2) is 24.2. The van der Waals surface area contributed by atoms with Crippen LogP contribution in [-0.2, 0) is 23.1 Å². The lowest BCUT2D eigenvalue weighted by molar-refractivity contribution is -0.143. The molecule has 0 aliphatic heterocycles. The zero-order chi connectivity index (χ0) is 43.8. The topological polar surface area (TPSA) is 138 Å². The Hall–Kier alpha value is -2.03. The van der Waals surface area contributed by atoms with Crippen molar-refractivity contribution in [2.45, 2.75) is 189 Å². The van der Waals surface area contributed by atoms with E-state index in [-0.39, 0.29) is 70.7 Å². The molecule has 0 aliphatic rings. The van der Waals surface area contributed by atoms with E-state index >= 15 is 0 Å². The van der Waals surface area contributed by atoms with Gasteiger partial charge in [0.25, 0.3) is 0 Å². The summed E-state index contributed by atoms with van der Waals surface area (Å²) in [6, 6.07) is 0. The van der Waals surface area contributed by atoms with Crippen molar-refractivity contribution in [3.63, 3.8) is 0 Å². The molecule has 0 aromatic heterocycles. The van der Waals surface area contributed by atoms with Gasteiger partial charge in [-0.25, -0.2) is 4.79 Å². The summed E-state index contributed by atoms with van der Waals surface area (Å²) in [5.74, 6) is -0.409. The van der Waals surface area contributed by atoms with Gasteiger partial charge in [-0.3, -0.25) is 4.79 Å². The maximum Gasteiger partial charge on any atom is 0.404 e. The number of allylic oxidation sites excluding steroid dienone is 3. The van der Waals surface area contributed by atoms with Crippen molar-refractivity contribution in [2.24, 2.45) is 35.3 Å². The number of carbonyl (C=O) groups excluding carboxylic acids is 2. The van der Waals surface area contributed by atoms with E-state index in [0.29, 0.717) is 19.4 Å². The Morgan fingerprint density at radius 3 is 1.80 bits per heavy atom. The molecule has 0 fully saturated rings.